The fourth-order valence-electron chi connectivity index (χ4n) is 3.68. The SMILES string of the molecule is COC1CCCN(c2ccc(NC(=O)c3ccccc3Oc3ccccc3)cc2)C1. The summed E-state index contributed by atoms with van der Waals surface area (Å²) in [6, 6.07) is 24.7. The molecule has 154 valence electrons. The third kappa shape index (κ3) is 4.81. The first-order valence-corrected chi connectivity index (χ1v) is 10.2. The van der Waals surface area contributed by atoms with E-state index in [2.05, 4.69) is 10.2 Å². The second-order valence-corrected chi connectivity index (χ2v) is 7.36. The zero-order valence-electron chi connectivity index (χ0n) is 17.1. The van der Waals surface area contributed by atoms with Gasteiger partial charge in [-0.2, -0.15) is 0 Å². The van der Waals surface area contributed by atoms with E-state index in [0.717, 1.165) is 37.3 Å². The molecular weight excluding hydrogens is 376 g/mol. The summed E-state index contributed by atoms with van der Waals surface area (Å²) in [6.45, 7) is 1.92. The van der Waals surface area contributed by atoms with Gasteiger partial charge in [-0.1, -0.05) is 30.3 Å². The van der Waals surface area contributed by atoms with Gasteiger partial charge >= 0.3 is 0 Å². The van der Waals surface area contributed by atoms with Gasteiger partial charge in [-0.15, -0.1) is 0 Å². The van der Waals surface area contributed by atoms with Crippen LogP contribution in [0.15, 0.2) is 78.9 Å². The Morgan fingerprint density at radius 2 is 1.70 bits per heavy atom. The monoisotopic (exact) mass is 402 g/mol. The van der Waals surface area contributed by atoms with Gasteiger partial charge in [0, 0.05) is 31.6 Å². The van der Waals surface area contributed by atoms with Crippen molar-refractivity contribution in [3.05, 3.63) is 84.4 Å². The highest BCUT2D eigenvalue weighted by Gasteiger charge is 2.20. The lowest BCUT2D eigenvalue weighted by molar-refractivity contribution is 0.0893. The summed E-state index contributed by atoms with van der Waals surface area (Å²) >= 11 is 0. The minimum absolute atomic E-state index is 0.202. The molecule has 0 saturated carbocycles. The van der Waals surface area contributed by atoms with Crippen LogP contribution >= 0.6 is 0 Å². The molecule has 1 fully saturated rings. The quantitative estimate of drug-likeness (QED) is 0.604. The van der Waals surface area contributed by atoms with Gasteiger partial charge in [0.25, 0.3) is 5.91 Å². The van der Waals surface area contributed by atoms with E-state index in [0.29, 0.717) is 17.1 Å². The van der Waals surface area contributed by atoms with Crippen LogP contribution in [0.25, 0.3) is 0 Å². The van der Waals surface area contributed by atoms with E-state index in [4.69, 9.17) is 9.47 Å². The Morgan fingerprint density at radius 1 is 0.967 bits per heavy atom. The number of hydrogen-bond donors (Lipinski definition) is 1. The number of carbonyl (C=O) groups excluding carboxylic acids is 1. The highest BCUT2D eigenvalue weighted by molar-refractivity contribution is 6.06. The Labute approximate surface area is 177 Å². The van der Waals surface area contributed by atoms with Crippen LogP contribution in [0.3, 0.4) is 0 Å². The van der Waals surface area contributed by atoms with Crippen molar-refractivity contribution < 1.29 is 14.3 Å². The van der Waals surface area contributed by atoms with Gasteiger partial charge in [-0.3, -0.25) is 4.79 Å². The fourth-order valence-corrected chi connectivity index (χ4v) is 3.68. The molecule has 0 aromatic heterocycles. The molecular formula is C25H26N2O3. The number of amides is 1. The topological polar surface area (TPSA) is 50.8 Å². The highest BCUT2D eigenvalue weighted by atomic mass is 16.5. The third-order valence-corrected chi connectivity index (χ3v) is 5.30. The molecule has 1 heterocycles. The van der Waals surface area contributed by atoms with E-state index in [1.807, 2.05) is 66.7 Å². The summed E-state index contributed by atoms with van der Waals surface area (Å²) in [7, 11) is 1.77. The molecule has 30 heavy (non-hydrogen) atoms. The number of carbonyl (C=O) groups is 1. The van der Waals surface area contributed by atoms with Crippen molar-refractivity contribution in [3.63, 3.8) is 0 Å². The number of hydrogen-bond acceptors (Lipinski definition) is 4. The molecule has 1 saturated heterocycles. The average molecular weight is 402 g/mol. The molecule has 3 aromatic carbocycles. The molecule has 1 unspecified atom stereocenters. The van der Waals surface area contributed by atoms with Gasteiger partial charge < -0.3 is 19.7 Å². The molecule has 1 N–H and O–H groups in total. The Hall–Kier alpha value is -3.31. The lowest BCUT2D eigenvalue weighted by Crippen LogP contribution is -2.39. The van der Waals surface area contributed by atoms with E-state index in [-0.39, 0.29) is 12.0 Å². The first-order chi connectivity index (χ1) is 14.7. The number of benzene rings is 3. The van der Waals surface area contributed by atoms with Crippen molar-refractivity contribution >= 4 is 17.3 Å². The number of anilines is 2. The molecule has 5 nitrogen and oxygen atoms in total. The van der Waals surface area contributed by atoms with E-state index in [1.165, 1.54) is 0 Å². The Morgan fingerprint density at radius 3 is 2.47 bits per heavy atom. The second-order valence-electron chi connectivity index (χ2n) is 7.36. The number of ether oxygens (including phenoxy) is 2. The average Bonchev–Trinajstić information content (AvgIpc) is 2.80. The third-order valence-electron chi connectivity index (χ3n) is 5.30. The Kier molecular flexibility index (Phi) is 6.30. The number of para-hydroxylation sites is 2. The van der Waals surface area contributed by atoms with E-state index < -0.39 is 0 Å². The Balaban J connectivity index is 1.44. The standard InChI is InChI=1S/C25H26N2O3/c1-29-22-10-7-17-27(18-22)20-15-13-19(14-16-20)26-25(28)23-11-5-6-12-24(23)30-21-8-3-2-4-9-21/h2-6,8-9,11-16,22H,7,10,17-18H2,1H3,(H,26,28). The van der Waals surface area contributed by atoms with Gasteiger partial charge in [0.15, 0.2) is 0 Å². The van der Waals surface area contributed by atoms with Crippen molar-refractivity contribution in [1.82, 2.24) is 0 Å². The lowest BCUT2D eigenvalue weighted by atomic mass is 10.1. The second kappa shape index (κ2) is 9.46. The van der Waals surface area contributed by atoms with E-state index in [1.54, 1.807) is 19.2 Å². The van der Waals surface area contributed by atoms with Crippen molar-refractivity contribution in [2.24, 2.45) is 0 Å². The van der Waals surface area contributed by atoms with Crippen LogP contribution in [0, 0.1) is 0 Å². The van der Waals surface area contributed by atoms with Crippen LogP contribution in [0.5, 0.6) is 11.5 Å². The van der Waals surface area contributed by atoms with Gasteiger partial charge in [0.05, 0.1) is 11.7 Å². The molecule has 1 aliphatic rings. The first kappa shape index (κ1) is 20.0. The largest absolute Gasteiger partial charge is 0.457 e. The molecule has 4 rings (SSSR count). The maximum Gasteiger partial charge on any atom is 0.259 e. The van der Waals surface area contributed by atoms with E-state index in [9.17, 15) is 4.79 Å². The summed E-state index contributed by atoms with van der Waals surface area (Å²) in [6.07, 6.45) is 2.50. The first-order valence-electron chi connectivity index (χ1n) is 10.2. The maximum atomic E-state index is 12.9. The van der Waals surface area contributed by atoms with Gasteiger partial charge in [-0.05, 0) is 61.4 Å². The van der Waals surface area contributed by atoms with Crippen molar-refractivity contribution in [2.45, 2.75) is 18.9 Å². The fraction of sp³-hybridized carbons (Fsp3) is 0.240. The summed E-state index contributed by atoms with van der Waals surface area (Å²) in [5.74, 6) is 1.02. The summed E-state index contributed by atoms with van der Waals surface area (Å²) in [5, 5.41) is 2.97. The predicted octanol–water partition coefficient (Wildman–Crippen LogP) is 5.35. The molecule has 0 spiro atoms. The minimum Gasteiger partial charge on any atom is -0.457 e. The van der Waals surface area contributed by atoms with Gasteiger partial charge in [-0.25, -0.2) is 0 Å². The zero-order chi connectivity index (χ0) is 20.8. The highest BCUT2D eigenvalue weighted by Crippen LogP contribution is 2.27. The maximum absolute atomic E-state index is 12.9. The van der Waals surface area contributed by atoms with Crippen LogP contribution in [-0.2, 0) is 4.74 Å². The van der Waals surface area contributed by atoms with Crippen molar-refractivity contribution in [3.8, 4) is 11.5 Å². The van der Waals surface area contributed by atoms with E-state index >= 15 is 0 Å². The summed E-state index contributed by atoms with van der Waals surface area (Å²) < 4.78 is 11.4. The van der Waals surface area contributed by atoms with Crippen molar-refractivity contribution in [2.75, 3.05) is 30.4 Å². The molecule has 0 bridgehead atoms. The molecule has 0 aliphatic carbocycles. The van der Waals surface area contributed by atoms with Crippen LogP contribution in [0.2, 0.25) is 0 Å². The van der Waals surface area contributed by atoms with Crippen LogP contribution in [0.1, 0.15) is 23.2 Å². The van der Waals surface area contributed by atoms with Gasteiger partial charge in [0.1, 0.15) is 11.5 Å². The zero-order valence-corrected chi connectivity index (χ0v) is 17.1. The predicted molar refractivity (Wildman–Crippen MR) is 120 cm³/mol. The van der Waals surface area contributed by atoms with Crippen molar-refractivity contribution in [1.29, 1.82) is 0 Å². The smallest absolute Gasteiger partial charge is 0.259 e. The number of methoxy groups -OCH3 is 1. The molecule has 5 heteroatoms. The van der Waals surface area contributed by atoms with Gasteiger partial charge in [0.2, 0.25) is 0 Å². The molecule has 1 amide bonds. The number of piperidine rings is 1. The molecule has 3 aromatic rings. The summed E-state index contributed by atoms with van der Waals surface area (Å²) in [5.41, 5.74) is 2.38. The Bertz CT molecular complexity index is 973. The molecule has 1 atom stereocenters. The minimum atomic E-state index is -0.202. The van der Waals surface area contributed by atoms with Crippen LogP contribution in [-0.4, -0.2) is 32.2 Å². The lowest BCUT2D eigenvalue weighted by Gasteiger charge is -2.33. The number of rotatable bonds is 6. The number of nitrogens with one attached hydrogen (secondary N) is 1. The molecule has 1 aliphatic heterocycles. The normalized spacial score (nSPS) is 16.2. The van der Waals surface area contributed by atoms with Crippen LogP contribution in [0.4, 0.5) is 11.4 Å². The molecule has 0 radical (unpaired) electrons. The summed E-state index contributed by atoms with van der Waals surface area (Å²) in [4.78, 5) is 15.2. The number of nitrogens with zero attached hydrogens (tertiary/aromatic N) is 1. The van der Waals surface area contributed by atoms with Crippen LogP contribution < -0.4 is 15.0 Å².